The smallest absolute Gasteiger partial charge is 0.251 e. The molecule has 0 aromatic carbocycles. The second-order valence-electron chi connectivity index (χ2n) is 3.23. The molecule has 16 heavy (non-hydrogen) atoms. The number of nitrogens with two attached hydrogens (primary N) is 1. The van der Waals surface area contributed by atoms with Crippen molar-refractivity contribution in [2.24, 2.45) is 0 Å². The number of hydrogen-bond donors (Lipinski definition) is 3. The Morgan fingerprint density at radius 2 is 2.19 bits per heavy atom. The van der Waals surface area contributed by atoms with Gasteiger partial charge in [0.2, 0.25) is 0 Å². The standard InChI is InChI=1S/C10H11N5O/c11-9-8(6-14-15-9)5-13-10(16)7-1-3-12-4-2-7/h1-4,6H,5H2,(H,13,16)(H3,11,14,15). The Kier molecular flexibility index (Phi) is 2.81. The molecule has 0 unspecified atom stereocenters. The van der Waals surface area contributed by atoms with E-state index in [2.05, 4.69) is 20.5 Å². The van der Waals surface area contributed by atoms with Gasteiger partial charge in [-0.25, -0.2) is 0 Å². The van der Waals surface area contributed by atoms with Crippen molar-refractivity contribution in [2.45, 2.75) is 6.54 Å². The van der Waals surface area contributed by atoms with Gasteiger partial charge < -0.3 is 11.1 Å². The molecule has 4 N–H and O–H groups in total. The Morgan fingerprint density at radius 1 is 1.44 bits per heavy atom. The molecular formula is C10H11N5O. The zero-order valence-electron chi connectivity index (χ0n) is 8.47. The van der Waals surface area contributed by atoms with Gasteiger partial charge in [-0.05, 0) is 12.1 Å². The molecule has 0 aliphatic carbocycles. The molecule has 0 saturated carbocycles. The molecule has 0 bridgehead atoms. The van der Waals surface area contributed by atoms with Crippen molar-refractivity contribution in [2.75, 3.05) is 5.73 Å². The lowest BCUT2D eigenvalue weighted by Crippen LogP contribution is -2.22. The summed E-state index contributed by atoms with van der Waals surface area (Å²) in [5.41, 5.74) is 6.92. The van der Waals surface area contributed by atoms with Crippen LogP contribution in [0.25, 0.3) is 0 Å². The van der Waals surface area contributed by atoms with Crippen molar-refractivity contribution < 1.29 is 4.79 Å². The number of pyridine rings is 1. The minimum atomic E-state index is -0.164. The number of aromatic nitrogens is 3. The maximum absolute atomic E-state index is 11.6. The van der Waals surface area contributed by atoms with Crippen LogP contribution in [0.5, 0.6) is 0 Å². The van der Waals surface area contributed by atoms with Crippen molar-refractivity contribution in [3.8, 4) is 0 Å². The second kappa shape index (κ2) is 4.43. The Balaban J connectivity index is 1.97. The minimum absolute atomic E-state index is 0.164. The highest BCUT2D eigenvalue weighted by atomic mass is 16.1. The number of nitrogen functional groups attached to an aromatic ring is 1. The van der Waals surface area contributed by atoms with Crippen LogP contribution in [0.2, 0.25) is 0 Å². The molecular weight excluding hydrogens is 206 g/mol. The average Bonchev–Trinajstić information content (AvgIpc) is 2.73. The third kappa shape index (κ3) is 2.17. The van der Waals surface area contributed by atoms with Gasteiger partial charge in [0.1, 0.15) is 5.82 Å². The molecule has 6 heteroatoms. The number of H-pyrrole nitrogens is 1. The first kappa shape index (κ1) is 10.2. The molecule has 2 heterocycles. The van der Waals surface area contributed by atoms with Crippen molar-refractivity contribution in [1.29, 1.82) is 0 Å². The highest BCUT2D eigenvalue weighted by Gasteiger charge is 2.06. The average molecular weight is 217 g/mol. The Hall–Kier alpha value is -2.37. The number of aromatic amines is 1. The van der Waals surface area contributed by atoms with E-state index in [1.54, 1.807) is 30.7 Å². The van der Waals surface area contributed by atoms with Crippen LogP contribution in [0.1, 0.15) is 15.9 Å². The quantitative estimate of drug-likeness (QED) is 0.689. The summed E-state index contributed by atoms with van der Waals surface area (Å²) in [5.74, 6) is 0.304. The van der Waals surface area contributed by atoms with Gasteiger partial charge in [0.15, 0.2) is 0 Å². The van der Waals surface area contributed by atoms with Crippen LogP contribution in [-0.2, 0) is 6.54 Å². The van der Waals surface area contributed by atoms with Crippen LogP contribution >= 0.6 is 0 Å². The van der Waals surface area contributed by atoms with Crippen LogP contribution in [0.4, 0.5) is 5.82 Å². The first-order valence-electron chi connectivity index (χ1n) is 4.73. The summed E-state index contributed by atoms with van der Waals surface area (Å²) in [4.78, 5) is 15.5. The summed E-state index contributed by atoms with van der Waals surface area (Å²) < 4.78 is 0. The zero-order valence-corrected chi connectivity index (χ0v) is 8.47. The molecule has 0 fully saturated rings. The topological polar surface area (TPSA) is 96.7 Å². The van der Waals surface area contributed by atoms with Crippen LogP contribution in [0, 0.1) is 0 Å². The van der Waals surface area contributed by atoms with Gasteiger partial charge in [-0.2, -0.15) is 5.10 Å². The molecule has 82 valence electrons. The summed E-state index contributed by atoms with van der Waals surface area (Å²) in [6, 6.07) is 3.29. The number of nitrogens with one attached hydrogen (secondary N) is 2. The highest BCUT2D eigenvalue weighted by molar-refractivity contribution is 5.93. The third-order valence-corrected chi connectivity index (χ3v) is 2.13. The fourth-order valence-corrected chi connectivity index (χ4v) is 1.24. The van der Waals surface area contributed by atoms with E-state index in [0.717, 1.165) is 5.56 Å². The van der Waals surface area contributed by atoms with Crippen molar-refractivity contribution in [3.63, 3.8) is 0 Å². The molecule has 0 aliphatic heterocycles. The lowest BCUT2D eigenvalue weighted by molar-refractivity contribution is 0.0951. The van der Waals surface area contributed by atoms with E-state index in [4.69, 9.17) is 5.73 Å². The number of carbonyl (C=O) groups excluding carboxylic acids is 1. The fraction of sp³-hybridized carbons (Fsp3) is 0.100. The maximum Gasteiger partial charge on any atom is 0.251 e. The van der Waals surface area contributed by atoms with E-state index in [1.807, 2.05) is 0 Å². The van der Waals surface area contributed by atoms with Gasteiger partial charge in [0.25, 0.3) is 5.91 Å². The van der Waals surface area contributed by atoms with E-state index in [0.29, 0.717) is 17.9 Å². The predicted molar refractivity (Wildman–Crippen MR) is 58.4 cm³/mol. The third-order valence-electron chi connectivity index (χ3n) is 2.13. The Morgan fingerprint density at radius 3 is 2.81 bits per heavy atom. The monoisotopic (exact) mass is 217 g/mol. The number of rotatable bonds is 3. The van der Waals surface area contributed by atoms with Gasteiger partial charge in [0, 0.05) is 30.1 Å². The maximum atomic E-state index is 11.6. The van der Waals surface area contributed by atoms with Crippen LogP contribution in [-0.4, -0.2) is 21.1 Å². The van der Waals surface area contributed by atoms with Gasteiger partial charge in [-0.15, -0.1) is 0 Å². The normalized spacial score (nSPS) is 10.0. The summed E-state index contributed by atoms with van der Waals surface area (Å²) in [7, 11) is 0. The number of carbonyl (C=O) groups is 1. The number of nitrogens with zero attached hydrogens (tertiary/aromatic N) is 2. The first-order chi connectivity index (χ1) is 7.77. The van der Waals surface area contributed by atoms with Crippen LogP contribution in [0.3, 0.4) is 0 Å². The molecule has 2 aromatic rings. The SMILES string of the molecule is Nc1[nH]ncc1CNC(=O)c1ccncc1. The van der Waals surface area contributed by atoms with Gasteiger partial charge in [-0.3, -0.25) is 14.9 Å². The zero-order chi connectivity index (χ0) is 11.4. The fourth-order valence-electron chi connectivity index (χ4n) is 1.24. The van der Waals surface area contributed by atoms with Crippen LogP contribution in [0.15, 0.2) is 30.7 Å². The molecule has 1 amide bonds. The predicted octanol–water partition coefficient (Wildman–Crippen LogP) is 0.317. The summed E-state index contributed by atoms with van der Waals surface area (Å²) in [6.07, 6.45) is 4.73. The van der Waals surface area contributed by atoms with E-state index < -0.39 is 0 Å². The lowest BCUT2D eigenvalue weighted by Gasteiger charge is -2.03. The largest absolute Gasteiger partial charge is 0.384 e. The van der Waals surface area contributed by atoms with E-state index in [9.17, 15) is 4.79 Å². The van der Waals surface area contributed by atoms with E-state index >= 15 is 0 Å². The molecule has 6 nitrogen and oxygen atoms in total. The first-order valence-corrected chi connectivity index (χ1v) is 4.73. The summed E-state index contributed by atoms with van der Waals surface area (Å²) in [5, 5.41) is 9.10. The molecule has 0 atom stereocenters. The van der Waals surface area contributed by atoms with Gasteiger partial charge in [0.05, 0.1) is 6.20 Å². The van der Waals surface area contributed by atoms with Crippen LogP contribution < -0.4 is 11.1 Å². The van der Waals surface area contributed by atoms with Crippen molar-refractivity contribution >= 4 is 11.7 Å². The Labute approximate surface area is 91.9 Å². The van der Waals surface area contributed by atoms with E-state index in [-0.39, 0.29) is 5.91 Å². The van der Waals surface area contributed by atoms with Crippen molar-refractivity contribution in [3.05, 3.63) is 41.9 Å². The molecule has 0 spiro atoms. The minimum Gasteiger partial charge on any atom is -0.384 e. The van der Waals surface area contributed by atoms with E-state index in [1.165, 1.54) is 0 Å². The summed E-state index contributed by atoms with van der Waals surface area (Å²) >= 11 is 0. The number of hydrogen-bond acceptors (Lipinski definition) is 4. The molecule has 0 radical (unpaired) electrons. The van der Waals surface area contributed by atoms with Gasteiger partial charge in [-0.1, -0.05) is 0 Å². The molecule has 2 aromatic heterocycles. The second-order valence-corrected chi connectivity index (χ2v) is 3.23. The molecule has 0 aliphatic rings. The van der Waals surface area contributed by atoms with Crippen molar-refractivity contribution in [1.82, 2.24) is 20.5 Å². The molecule has 2 rings (SSSR count). The summed E-state index contributed by atoms with van der Waals surface area (Å²) in [6.45, 7) is 0.351. The molecule has 0 saturated heterocycles. The van der Waals surface area contributed by atoms with Gasteiger partial charge >= 0.3 is 0 Å². The lowest BCUT2D eigenvalue weighted by atomic mass is 10.2. The number of anilines is 1. The Bertz CT molecular complexity index is 479. The highest BCUT2D eigenvalue weighted by Crippen LogP contribution is 2.05. The number of amides is 1.